The number of benzene rings is 1. The lowest BCUT2D eigenvalue weighted by Gasteiger charge is -2.04. The SMILES string of the molecule is COc1cc(O)ccc1C=CCCBr. The van der Waals surface area contributed by atoms with Crippen LogP contribution in [-0.4, -0.2) is 17.5 Å². The number of methoxy groups -OCH3 is 1. The van der Waals surface area contributed by atoms with Crippen molar-refractivity contribution in [2.75, 3.05) is 12.4 Å². The molecule has 0 unspecified atom stereocenters. The topological polar surface area (TPSA) is 29.5 Å². The molecule has 1 rings (SSSR count). The van der Waals surface area contributed by atoms with Gasteiger partial charge in [-0.2, -0.15) is 0 Å². The standard InChI is InChI=1S/C11H13BrO2/c1-14-11-8-10(13)6-5-9(11)4-2-3-7-12/h2,4-6,8,13H,3,7H2,1H3. The van der Waals surface area contributed by atoms with Crippen LogP contribution in [0.4, 0.5) is 0 Å². The van der Waals surface area contributed by atoms with Gasteiger partial charge >= 0.3 is 0 Å². The highest BCUT2D eigenvalue weighted by molar-refractivity contribution is 9.09. The average Bonchev–Trinajstić information content (AvgIpc) is 2.20. The Hall–Kier alpha value is -0.960. The van der Waals surface area contributed by atoms with E-state index in [1.54, 1.807) is 19.2 Å². The van der Waals surface area contributed by atoms with Crippen LogP contribution in [0.2, 0.25) is 0 Å². The third-order valence-electron chi connectivity index (χ3n) is 1.79. The summed E-state index contributed by atoms with van der Waals surface area (Å²) in [4.78, 5) is 0. The second-order valence-electron chi connectivity index (χ2n) is 2.81. The molecule has 14 heavy (non-hydrogen) atoms. The Morgan fingerprint density at radius 3 is 2.93 bits per heavy atom. The third kappa shape index (κ3) is 3.07. The van der Waals surface area contributed by atoms with Gasteiger partial charge in [-0.25, -0.2) is 0 Å². The molecule has 0 saturated carbocycles. The minimum atomic E-state index is 0.222. The molecule has 0 aliphatic carbocycles. The highest BCUT2D eigenvalue weighted by atomic mass is 79.9. The molecule has 0 aliphatic heterocycles. The van der Waals surface area contributed by atoms with Crippen molar-refractivity contribution in [2.45, 2.75) is 6.42 Å². The molecule has 0 spiro atoms. The van der Waals surface area contributed by atoms with Crippen LogP contribution in [0, 0.1) is 0 Å². The summed E-state index contributed by atoms with van der Waals surface area (Å²) in [5.41, 5.74) is 0.978. The van der Waals surface area contributed by atoms with Gasteiger partial charge in [-0.15, -0.1) is 0 Å². The molecule has 0 heterocycles. The van der Waals surface area contributed by atoms with Crippen molar-refractivity contribution < 1.29 is 9.84 Å². The van der Waals surface area contributed by atoms with Crippen LogP contribution >= 0.6 is 15.9 Å². The van der Waals surface area contributed by atoms with Gasteiger partial charge in [-0.3, -0.25) is 0 Å². The molecule has 1 aromatic carbocycles. The first-order chi connectivity index (χ1) is 6.77. The van der Waals surface area contributed by atoms with Crippen molar-refractivity contribution in [1.29, 1.82) is 0 Å². The van der Waals surface area contributed by atoms with E-state index in [1.807, 2.05) is 12.1 Å². The van der Waals surface area contributed by atoms with Crippen LogP contribution in [0.15, 0.2) is 24.3 Å². The molecular weight excluding hydrogens is 244 g/mol. The van der Waals surface area contributed by atoms with E-state index in [2.05, 4.69) is 22.0 Å². The van der Waals surface area contributed by atoms with Crippen LogP contribution in [-0.2, 0) is 0 Å². The van der Waals surface area contributed by atoms with Crippen molar-refractivity contribution in [3.8, 4) is 11.5 Å². The Balaban J connectivity index is 2.85. The Morgan fingerprint density at radius 2 is 2.29 bits per heavy atom. The zero-order valence-corrected chi connectivity index (χ0v) is 9.62. The Kier molecular flexibility index (Phi) is 4.53. The van der Waals surface area contributed by atoms with Gasteiger partial charge in [0.25, 0.3) is 0 Å². The summed E-state index contributed by atoms with van der Waals surface area (Å²) >= 11 is 3.35. The van der Waals surface area contributed by atoms with E-state index in [0.29, 0.717) is 5.75 Å². The summed E-state index contributed by atoms with van der Waals surface area (Å²) in [5, 5.41) is 10.2. The summed E-state index contributed by atoms with van der Waals surface area (Å²) in [5.74, 6) is 0.912. The van der Waals surface area contributed by atoms with E-state index >= 15 is 0 Å². The first-order valence-corrected chi connectivity index (χ1v) is 5.49. The quantitative estimate of drug-likeness (QED) is 0.839. The van der Waals surface area contributed by atoms with Gasteiger partial charge in [0.05, 0.1) is 7.11 Å². The van der Waals surface area contributed by atoms with Crippen molar-refractivity contribution >= 4 is 22.0 Å². The Bertz CT molecular complexity index is 321. The Morgan fingerprint density at radius 1 is 1.50 bits per heavy atom. The van der Waals surface area contributed by atoms with Gasteiger partial charge in [-0.05, 0) is 18.6 Å². The van der Waals surface area contributed by atoms with Crippen LogP contribution in [0.3, 0.4) is 0 Å². The molecule has 0 aliphatic rings. The van der Waals surface area contributed by atoms with E-state index in [4.69, 9.17) is 4.74 Å². The predicted octanol–water partition coefficient (Wildman–Crippen LogP) is 3.20. The van der Waals surface area contributed by atoms with Gasteiger partial charge in [-0.1, -0.05) is 28.1 Å². The summed E-state index contributed by atoms with van der Waals surface area (Å²) in [6, 6.07) is 5.09. The first kappa shape index (κ1) is 11.1. The molecule has 3 heteroatoms. The van der Waals surface area contributed by atoms with Gasteiger partial charge < -0.3 is 9.84 Å². The number of hydrogen-bond donors (Lipinski definition) is 1. The number of aromatic hydroxyl groups is 1. The van der Waals surface area contributed by atoms with Crippen LogP contribution in [0.1, 0.15) is 12.0 Å². The minimum absolute atomic E-state index is 0.222. The molecule has 0 fully saturated rings. The third-order valence-corrected chi connectivity index (χ3v) is 2.25. The number of rotatable bonds is 4. The number of phenolic OH excluding ortho intramolecular Hbond substituents is 1. The maximum atomic E-state index is 9.23. The second-order valence-corrected chi connectivity index (χ2v) is 3.60. The van der Waals surface area contributed by atoms with Crippen LogP contribution in [0.25, 0.3) is 6.08 Å². The van der Waals surface area contributed by atoms with E-state index in [9.17, 15) is 5.11 Å². The lowest BCUT2D eigenvalue weighted by molar-refractivity contribution is 0.407. The van der Waals surface area contributed by atoms with Gasteiger partial charge in [0.2, 0.25) is 0 Å². The van der Waals surface area contributed by atoms with E-state index in [1.165, 1.54) is 0 Å². The second kappa shape index (κ2) is 5.70. The molecule has 0 bridgehead atoms. The molecular formula is C11H13BrO2. The maximum Gasteiger partial charge on any atom is 0.129 e. The van der Waals surface area contributed by atoms with Crippen molar-refractivity contribution in [1.82, 2.24) is 0 Å². The number of phenols is 1. The van der Waals surface area contributed by atoms with E-state index in [-0.39, 0.29) is 5.75 Å². The number of alkyl halides is 1. The molecule has 0 amide bonds. The Labute approximate surface area is 92.3 Å². The average molecular weight is 257 g/mol. The summed E-state index contributed by atoms with van der Waals surface area (Å²) in [6.07, 6.45) is 5.02. The zero-order chi connectivity index (χ0) is 10.4. The first-order valence-electron chi connectivity index (χ1n) is 4.37. The fourth-order valence-electron chi connectivity index (χ4n) is 1.11. The van der Waals surface area contributed by atoms with Crippen LogP contribution < -0.4 is 4.74 Å². The zero-order valence-electron chi connectivity index (χ0n) is 8.03. The summed E-state index contributed by atoms with van der Waals surface area (Å²) in [7, 11) is 1.59. The monoisotopic (exact) mass is 256 g/mol. The molecule has 0 aromatic heterocycles. The molecule has 0 atom stereocenters. The van der Waals surface area contributed by atoms with Crippen molar-refractivity contribution in [3.63, 3.8) is 0 Å². The fraction of sp³-hybridized carbons (Fsp3) is 0.273. The van der Waals surface area contributed by atoms with Crippen LogP contribution in [0.5, 0.6) is 11.5 Å². The molecule has 76 valence electrons. The highest BCUT2D eigenvalue weighted by Gasteiger charge is 1.99. The number of halogens is 1. The maximum absolute atomic E-state index is 9.23. The lowest BCUT2D eigenvalue weighted by Crippen LogP contribution is -1.86. The van der Waals surface area contributed by atoms with E-state index < -0.39 is 0 Å². The molecule has 0 saturated heterocycles. The van der Waals surface area contributed by atoms with Gasteiger partial charge in [0, 0.05) is 17.0 Å². The molecule has 1 aromatic rings. The highest BCUT2D eigenvalue weighted by Crippen LogP contribution is 2.24. The summed E-state index contributed by atoms with van der Waals surface area (Å²) < 4.78 is 5.13. The smallest absolute Gasteiger partial charge is 0.129 e. The normalized spacial score (nSPS) is 10.7. The lowest BCUT2D eigenvalue weighted by atomic mass is 10.1. The largest absolute Gasteiger partial charge is 0.508 e. The van der Waals surface area contributed by atoms with E-state index in [0.717, 1.165) is 17.3 Å². The number of ether oxygens (including phenoxy) is 1. The molecule has 0 radical (unpaired) electrons. The minimum Gasteiger partial charge on any atom is -0.508 e. The van der Waals surface area contributed by atoms with Crippen molar-refractivity contribution in [2.24, 2.45) is 0 Å². The van der Waals surface area contributed by atoms with Gasteiger partial charge in [0.1, 0.15) is 11.5 Å². The molecule has 1 N–H and O–H groups in total. The van der Waals surface area contributed by atoms with Crippen molar-refractivity contribution in [3.05, 3.63) is 29.8 Å². The predicted molar refractivity (Wildman–Crippen MR) is 62.1 cm³/mol. The number of allylic oxidation sites excluding steroid dienone is 1. The fourth-order valence-corrected chi connectivity index (χ4v) is 1.38. The summed E-state index contributed by atoms with van der Waals surface area (Å²) in [6.45, 7) is 0. The molecule has 2 nitrogen and oxygen atoms in total. The van der Waals surface area contributed by atoms with Gasteiger partial charge in [0.15, 0.2) is 0 Å². The number of hydrogen-bond acceptors (Lipinski definition) is 2.